The lowest BCUT2D eigenvalue weighted by molar-refractivity contribution is 0.0942. The van der Waals surface area contributed by atoms with Gasteiger partial charge in [0.2, 0.25) is 10.0 Å². The Bertz CT molecular complexity index is 625. The van der Waals surface area contributed by atoms with Crippen molar-refractivity contribution in [1.29, 1.82) is 0 Å². The molecule has 21 heavy (non-hydrogen) atoms. The molecule has 7 heteroatoms. The molecule has 1 aliphatic rings. The third-order valence-electron chi connectivity index (χ3n) is 3.67. The molecule has 4 nitrogen and oxygen atoms in total. The number of nitrogens with zero attached hydrogens (tertiary/aromatic N) is 1. The SMILES string of the molecule is CS(=O)(=O)N1CCCC(CC(=O)c2c(Cl)cccc2Cl)C1. The molecule has 0 saturated carbocycles. The fraction of sp³-hybridized carbons (Fsp3) is 0.500. The van der Waals surface area contributed by atoms with Crippen LogP contribution in [-0.4, -0.2) is 37.9 Å². The highest BCUT2D eigenvalue weighted by Crippen LogP contribution is 2.29. The third-order valence-corrected chi connectivity index (χ3v) is 5.57. The molecule has 1 aromatic rings. The van der Waals surface area contributed by atoms with E-state index in [0.717, 1.165) is 12.8 Å². The molecule has 1 aliphatic heterocycles. The van der Waals surface area contributed by atoms with Gasteiger partial charge in [0.15, 0.2) is 5.78 Å². The molecule has 1 fully saturated rings. The summed E-state index contributed by atoms with van der Waals surface area (Å²) in [6.07, 6.45) is 3.05. The monoisotopic (exact) mass is 349 g/mol. The Labute approximate surface area is 135 Å². The van der Waals surface area contributed by atoms with E-state index in [9.17, 15) is 13.2 Å². The second-order valence-electron chi connectivity index (χ2n) is 5.35. The van der Waals surface area contributed by atoms with Gasteiger partial charge in [-0.2, -0.15) is 0 Å². The molecule has 1 heterocycles. The zero-order valence-corrected chi connectivity index (χ0v) is 14.0. The van der Waals surface area contributed by atoms with Crippen LogP contribution in [-0.2, 0) is 10.0 Å². The van der Waals surface area contributed by atoms with Crippen molar-refractivity contribution in [3.63, 3.8) is 0 Å². The molecule has 116 valence electrons. The fourth-order valence-corrected chi connectivity index (χ4v) is 4.17. The maximum atomic E-state index is 12.4. The van der Waals surface area contributed by atoms with Crippen molar-refractivity contribution in [3.05, 3.63) is 33.8 Å². The number of sulfonamides is 1. The van der Waals surface area contributed by atoms with Crippen molar-refractivity contribution in [2.45, 2.75) is 19.3 Å². The topological polar surface area (TPSA) is 54.5 Å². The third kappa shape index (κ3) is 4.19. The maximum Gasteiger partial charge on any atom is 0.211 e. The van der Waals surface area contributed by atoms with E-state index in [1.54, 1.807) is 18.2 Å². The molecule has 1 saturated heterocycles. The number of ketones is 1. The van der Waals surface area contributed by atoms with Crippen LogP contribution in [0.3, 0.4) is 0 Å². The van der Waals surface area contributed by atoms with Gasteiger partial charge in [0.05, 0.1) is 21.9 Å². The zero-order chi connectivity index (χ0) is 15.6. The summed E-state index contributed by atoms with van der Waals surface area (Å²) in [6, 6.07) is 4.95. The Morgan fingerprint density at radius 2 is 1.95 bits per heavy atom. The highest BCUT2D eigenvalue weighted by Gasteiger charge is 2.28. The predicted octanol–water partition coefficient (Wildman–Crippen LogP) is 3.24. The summed E-state index contributed by atoms with van der Waals surface area (Å²) in [6.45, 7) is 0.906. The number of carbonyl (C=O) groups excluding carboxylic acids is 1. The standard InChI is InChI=1S/C14H17Cl2NO3S/c1-21(19,20)17-7-3-4-10(9-17)8-13(18)14-11(15)5-2-6-12(14)16/h2,5-6,10H,3-4,7-9H2,1H3. The molecule has 0 radical (unpaired) electrons. The van der Waals surface area contributed by atoms with Crippen LogP contribution in [0.2, 0.25) is 10.0 Å². The lowest BCUT2D eigenvalue weighted by Crippen LogP contribution is -2.39. The smallest absolute Gasteiger partial charge is 0.211 e. The second kappa shape index (κ2) is 6.65. The summed E-state index contributed by atoms with van der Waals surface area (Å²) in [5.41, 5.74) is 0.331. The molecular formula is C14H17Cl2NO3S. The van der Waals surface area contributed by atoms with Crippen LogP contribution in [0.5, 0.6) is 0 Å². The molecule has 0 aliphatic carbocycles. The number of carbonyl (C=O) groups is 1. The van der Waals surface area contributed by atoms with E-state index >= 15 is 0 Å². The molecule has 0 aromatic heterocycles. The molecule has 1 unspecified atom stereocenters. The minimum absolute atomic E-state index is 0.00770. The first kappa shape index (κ1) is 16.7. The Hall–Kier alpha value is -0.620. The van der Waals surface area contributed by atoms with E-state index in [2.05, 4.69) is 0 Å². The largest absolute Gasteiger partial charge is 0.294 e. The van der Waals surface area contributed by atoms with Crippen LogP contribution in [0.25, 0.3) is 0 Å². The summed E-state index contributed by atoms with van der Waals surface area (Å²) in [5, 5.41) is 0.673. The van der Waals surface area contributed by atoms with Crippen LogP contribution < -0.4 is 0 Å². The zero-order valence-electron chi connectivity index (χ0n) is 11.7. The van der Waals surface area contributed by atoms with Crippen molar-refractivity contribution in [2.75, 3.05) is 19.3 Å². The van der Waals surface area contributed by atoms with Crippen LogP contribution in [0.15, 0.2) is 18.2 Å². The predicted molar refractivity (Wildman–Crippen MR) is 84.6 cm³/mol. The Morgan fingerprint density at radius 1 is 1.33 bits per heavy atom. The second-order valence-corrected chi connectivity index (χ2v) is 8.15. The van der Waals surface area contributed by atoms with E-state index in [1.165, 1.54) is 10.6 Å². The van der Waals surface area contributed by atoms with Gasteiger partial charge in [-0.1, -0.05) is 29.3 Å². The summed E-state index contributed by atoms with van der Waals surface area (Å²) in [4.78, 5) is 12.4. The highest BCUT2D eigenvalue weighted by molar-refractivity contribution is 7.88. The normalized spacial score (nSPS) is 20.4. The number of Topliss-reactive ketones (excluding diaryl/α,β-unsaturated/α-hetero) is 1. The minimum atomic E-state index is -3.21. The van der Waals surface area contributed by atoms with E-state index < -0.39 is 10.0 Å². The van der Waals surface area contributed by atoms with Crippen molar-refractivity contribution in [1.82, 2.24) is 4.31 Å². The lowest BCUT2D eigenvalue weighted by Gasteiger charge is -2.30. The van der Waals surface area contributed by atoms with Crippen LogP contribution in [0, 0.1) is 5.92 Å². The average molecular weight is 350 g/mol. The van der Waals surface area contributed by atoms with E-state index in [0.29, 0.717) is 28.7 Å². The minimum Gasteiger partial charge on any atom is -0.294 e. The number of hydrogen-bond donors (Lipinski definition) is 0. The van der Waals surface area contributed by atoms with Gasteiger partial charge < -0.3 is 0 Å². The van der Waals surface area contributed by atoms with E-state index in [-0.39, 0.29) is 18.1 Å². The first-order chi connectivity index (χ1) is 9.79. The van der Waals surface area contributed by atoms with E-state index in [1.807, 2.05) is 0 Å². The molecule has 0 amide bonds. The summed E-state index contributed by atoms with van der Waals surface area (Å²) < 4.78 is 24.6. The molecule has 1 atom stereocenters. The fourth-order valence-electron chi connectivity index (χ4n) is 2.62. The lowest BCUT2D eigenvalue weighted by atomic mass is 9.92. The number of piperidine rings is 1. The molecule has 1 aromatic carbocycles. The van der Waals surface area contributed by atoms with E-state index in [4.69, 9.17) is 23.2 Å². The Balaban J connectivity index is 2.10. The van der Waals surface area contributed by atoms with Gasteiger partial charge in [0.25, 0.3) is 0 Å². The summed E-state index contributed by atoms with van der Waals surface area (Å²) >= 11 is 12.1. The highest BCUT2D eigenvalue weighted by atomic mass is 35.5. The van der Waals surface area contributed by atoms with Crippen molar-refractivity contribution >= 4 is 39.0 Å². The summed E-state index contributed by atoms with van der Waals surface area (Å²) in [7, 11) is -3.21. The molecular weight excluding hydrogens is 333 g/mol. The number of hydrogen-bond acceptors (Lipinski definition) is 3. The quantitative estimate of drug-likeness (QED) is 0.784. The molecule has 2 rings (SSSR count). The average Bonchev–Trinajstić information content (AvgIpc) is 2.37. The summed E-state index contributed by atoms with van der Waals surface area (Å²) in [5.74, 6) is -0.126. The maximum absolute atomic E-state index is 12.4. The van der Waals surface area contributed by atoms with Crippen molar-refractivity contribution < 1.29 is 13.2 Å². The van der Waals surface area contributed by atoms with Crippen LogP contribution in [0.1, 0.15) is 29.6 Å². The molecule has 0 N–H and O–H groups in total. The van der Waals surface area contributed by atoms with Gasteiger partial charge in [-0.05, 0) is 30.9 Å². The van der Waals surface area contributed by atoms with Crippen LogP contribution >= 0.6 is 23.2 Å². The van der Waals surface area contributed by atoms with Crippen molar-refractivity contribution in [3.8, 4) is 0 Å². The van der Waals surface area contributed by atoms with Crippen LogP contribution in [0.4, 0.5) is 0 Å². The van der Waals surface area contributed by atoms with Gasteiger partial charge in [-0.15, -0.1) is 0 Å². The number of halogens is 2. The van der Waals surface area contributed by atoms with Crippen molar-refractivity contribution in [2.24, 2.45) is 5.92 Å². The van der Waals surface area contributed by atoms with Gasteiger partial charge >= 0.3 is 0 Å². The number of rotatable bonds is 4. The Kier molecular flexibility index (Phi) is 5.30. The Morgan fingerprint density at radius 3 is 2.52 bits per heavy atom. The molecule has 0 spiro atoms. The van der Waals surface area contributed by atoms with Gasteiger partial charge in [-0.25, -0.2) is 12.7 Å². The van der Waals surface area contributed by atoms with Gasteiger partial charge in [0.1, 0.15) is 0 Å². The first-order valence-electron chi connectivity index (χ1n) is 6.71. The van der Waals surface area contributed by atoms with Gasteiger partial charge in [0, 0.05) is 19.5 Å². The van der Waals surface area contributed by atoms with Gasteiger partial charge in [-0.3, -0.25) is 4.79 Å². The molecule has 0 bridgehead atoms. The first-order valence-corrected chi connectivity index (χ1v) is 9.32. The number of benzene rings is 1.